The number of fused-ring (bicyclic) bond motifs is 3. The van der Waals surface area contributed by atoms with Crippen molar-refractivity contribution < 1.29 is 13.2 Å². The van der Waals surface area contributed by atoms with Gasteiger partial charge in [-0.25, -0.2) is 22.7 Å². The smallest absolute Gasteiger partial charge is 0.276 e. The van der Waals surface area contributed by atoms with E-state index in [9.17, 15) is 13.2 Å². The van der Waals surface area contributed by atoms with Crippen LogP contribution in [0, 0.1) is 0 Å². The van der Waals surface area contributed by atoms with Crippen LogP contribution in [0.15, 0.2) is 24.4 Å². The van der Waals surface area contributed by atoms with Gasteiger partial charge in [0.25, 0.3) is 5.91 Å². The number of hydrogen-bond donors (Lipinski definition) is 2. The van der Waals surface area contributed by atoms with Crippen LogP contribution in [-0.2, 0) is 42.8 Å². The molecule has 12 heteroatoms. The van der Waals surface area contributed by atoms with Crippen LogP contribution in [0.25, 0.3) is 11.4 Å². The molecule has 0 spiro atoms. The normalized spacial score (nSPS) is 17.8. The van der Waals surface area contributed by atoms with Crippen LogP contribution in [0.2, 0.25) is 0 Å². The number of nitrogens with one attached hydrogen (secondary N) is 2. The summed E-state index contributed by atoms with van der Waals surface area (Å²) in [6, 6.07) is 6.24. The van der Waals surface area contributed by atoms with Gasteiger partial charge >= 0.3 is 0 Å². The van der Waals surface area contributed by atoms with Crippen molar-refractivity contribution in [1.29, 1.82) is 0 Å². The van der Waals surface area contributed by atoms with E-state index in [1.165, 1.54) is 0 Å². The lowest BCUT2D eigenvalue weighted by atomic mass is 9.93. The summed E-state index contributed by atoms with van der Waals surface area (Å²) in [7, 11) is -1.40. The number of benzene rings is 1. The second-order valence-corrected chi connectivity index (χ2v) is 14.3. The van der Waals surface area contributed by atoms with Crippen LogP contribution in [-0.4, -0.2) is 87.8 Å². The monoisotopic (exact) mass is 620 g/mol. The van der Waals surface area contributed by atoms with Crippen LogP contribution in [0.5, 0.6) is 0 Å². The molecule has 11 nitrogen and oxygen atoms in total. The van der Waals surface area contributed by atoms with Crippen molar-refractivity contribution in [2.75, 3.05) is 49.1 Å². The summed E-state index contributed by atoms with van der Waals surface area (Å²) in [5.74, 6) is 0.510. The van der Waals surface area contributed by atoms with Crippen LogP contribution in [0.3, 0.4) is 0 Å². The van der Waals surface area contributed by atoms with E-state index in [4.69, 9.17) is 4.98 Å². The standard InChI is InChI=1S/C32H44N8O3S/c1-4-22-9-8-10-23(5-2)27(22)35-31(41)29-26-12-11-24-21-33-32(36-28(24)30(26)38(3)37-29)34-25-13-17-40(18-14-25)44(42,43)20-19-39-15-6-7-16-39/h8-10,21,25H,4-7,11-20H2,1-3H3,(H,35,41)(H,33,34,36). The van der Waals surface area contributed by atoms with E-state index in [2.05, 4.69) is 51.6 Å². The molecular formula is C32H44N8O3S. The molecule has 2 aliphatic heterocycles. The minimum absolute atomic E-state index is 0.0837. The van der Waals surface area contributed by atoms with Gasteiger partial charge < -0.3 is 15.5 Å². The Hall–Kier alpha value is -3.35. The molecule has 2 aromatic heterocycles. The van der Waals surface area contributed by atoms with E-state index < -0.39 is 10.0 Å². The summed E-state index contributed by atoms with van der Waals surface area (Å²) in [5.41, 5.74) is 7.12. The van der Waals surface area contributed by atoms with Gasteiger partial charge in [-0.1, -0.05) is 32.0 Å². The molecule has 2 saturated heterocycles. The molecule has 2 N–H and O–H groups in total. The van der Waals surface area contributed by atoms with Gasteiger partial charge in [0.2, 0.25) is 16.0 Å². The van der Waals surface area contributed by atoms with Gasteiger partial charge in [-0.05, 0) is 81.1 Å². The third-order valence-electron chi connectivity index (χ3n) is 9.38. The second kappa shape index (κ2) is 12.9. The van der Waals surface area contributed by atoms with E-state index >= 15 is 0 Å². The Morgan fingerprint density at radius 1 is 1.02 bits per heavy atom. The Labute approximate surface area is 260 Å². The van der Waals surface area contributed by atoms with Gasteiger partial charge in [0, 0.05) is 50.2 Å². The molecule has 1 aromatic carbocycles. The SMILES string of the molecule is CCc1cccc(CC)c1NC(=O)c1nn(C)c2c1CCc1cnc(NC3CCN(S(=O)(=O)CCN4CCCC4)CC3)nc1-2. The number of aromatic nitrogens is 4. The highest BCUT2D eigenvalue weighted by molar-refractivity contribution is 7.89. The second-order valence-electron chi connectivity index (χ2n) is 12.2. The van der Waals surface area contributed by atoms with Gasteiger partial charge in [-0.3, -0.25) is 9.48 Å². The largest absolute Gasteiger partial charge is 0.351 e. The van der Waals surface area contributed by atoms with Gasteiger partial charge in [0.05, 0.1) is 17.1 Å². The third kappa shape index (κ3) is 6.25. The maximum Gasteiger partial charge on any atom is 0.276 e. The van der Waals surface area contributed by atoms with Crippen molar-refractivity contribution in [3.8, 4) is 11.4 Å². The zero-order chi connectivity index (χ0) is 30.8. The van der Waals surface area contributed by atoms with E-state index in [0.717, 1.165) is 84.5 Å². The Kier molecular flexibility index (Phi) is 9.02. The molecular weight excluding hydrogens is 576 g/mol. The number of hydrogen-bond acceptors (Lipinski definition) is 8. The molecule has 6 rings (SSSR count). The molecule has 0 saturated carbocycles. The van der Waals surface area contributed by atoms with Crippen molar-refractivity contribution in [3.05, 3.63) is 52.3 Å². The van der Waals surface area contributed by atoms with Crippen molar-refractivity contribution in [3.63, 3.8) is 0 Å². The Morgan fingerprint density at radius 2 is 1.73 bits per heavy atom. The summed E-state index contributed by atoms with van der Waals surface area (Å²) < 4.78 is 29.3. The molecule has 0 bridgehead atoms. The predicted octanol–water partition coefficient (Wildman–Crippen LogP) is 3.65. The lowest BCUT2D eigenvalue weighted by molar-refractivity contribution is 0.102. The number of sulfonamides is 1. The maximum absolute atomic E-state index is 13.6. The van der Waals surface area contributed by atoms with E-state index in [0.29, 0.717) is 50.5 Å². The molecule has 2 fully saturated rings. The van der Waals surface area contributed by atoms with Crippen LogP contribution >= 0.6 is 0 Å². The third-order valence-corrected chi connectivity index (χ3v) is 11.2. The molecule has 0 unspecified atom stereocenters. The van der Waals surface area contributed by atoms with E-state index in [1.807, 2.05) is 19.3 Å². The van der Waals surface area contributed by atoms with Crippen molar-refractivity contribution in [1.82, 2.24) is 29.0 Å². The summed E-state index contributed by atoms with van der Waals surface area (Å²) in [5, 5.41) is 11.3. The number of likely N-dealkylation sites (tertiary alicyclic amines) is 1. The maximum atomic E-state index is 13.6. The number of aryl methyl sites for hydroxylation is 4. The van der Waals surface area contributed by atoms with Crippen LogP contribution < -0.4 is 10.6 Å². The topological polar surface area (TPSA) is 125 Å². The number of para-hydroxylation sites is 1. The summed E-state index contributed by atoms with van der Waals surface area (Å²) in [6.45, 7) is 7.81. The first-order valence-corrected chi connectivity index (χ1v) is 17.7. The molecule has 1 amide bonds. The van der Waals surface area contributed by atoms with Crippen LogP contribution in [0.4, 0.5) is 11.6 Å². The molecule has 3 aliphatic rings. The molecule has 0 atom stereocenters. The summed E-state index contributed by atoms with van der Waals surface area (Å²) in [4.78, 5) is 25.4. The number of piperidine rings is 1. The minimum atomic E-state index is -3.26. The zero-order valence-electron chi connectivity index (χ0n) is 26.1. The van der Waals surface area contributed by atoms with Crippen molar-refractivity contribution >= 4 is 27.6 Å². The number of carbonyl (C=O) groups is 1. The number of carbonyl (C=O) groups excluding carboxylic acids is 1. The number of anilines is 2. The molecule has 1 aliphatic carbocycles. The lowest BCUT2D eigenvalue weighted by Gasteiger charge is -2.32. The lowest BCUT2D eigenvalue weighted by Crippen LogP contribution is -2.44. The predicted molar refractivity (Wildman–Crippen MR) is 172 cm³/mol. The average molecular weight is 621 g/mol. The van der Waals surface area contributed by atoms with E-state index in [-0.39, 0.29) is 17.7 Å². The minimum Gasteiger partial charge on any atom is -0.351 e. The first-order chi connectivity index (χ1) is 21.3. The first-order valence-electron chi connectivity index (χ1n) is 16.1. The fraction of sp³-hybridized carbons (Fsp3) is 0.562. The molecule has 4 heterocycles. The summed E-state index contributed by atoms with van der Waals surface area (Å²) >= 11 is 0. The van der Waals surface area contributed by atoms with Crippen molar-refractivity contribution in [2.24, 2.45) is 7.05 Å². The highest BCUT2D eigenvalue weighted by Crippen LogP contribution is 2.35. The fourth-order valence-electron chi connectivity index (χ4n) is 6.82. The highest BCUT2D eigenvalue weighted by atomic mass is 32.2. The zero-order valence-corrected chi connectivity index (χ0v) is 26.9. The Bertz CT molecular complexity index is 1600. The molecule has 44 heavy (non-hydrogen) atoms. The average Bonchev–Trinajstić information content (AvgIpc) is 3.68. The molecule has 3 aromatic rings. The van der Waals surface area contributed by atoms with Crippen LogP contribution in [0.1, 0.15) is 72.3 Å². The Morgan fingerprint density at radius 3 is 2.41 bits per heavy atom. The quantitative estimate of drug-likeness (QED) is 0.352. The van der Waals surface area contributed by atoms with Gasteiger partial charge in [-0.15, -0.1) is 0 Å². The van der Waals surface area contributed by atoms with E-state index in [1.54, 1.807) is 8.99 Å². The van der Waals surface area contributed by atoms with Crippen molar-refractivity contribution in [2.45, 2.75) is 71.3 Å². The Balaban J connectivity index is 1.14. The highest BCUT2D eigenvalue weighted by Gasteiger charge is 2.31. The fourth-order valence-corrected chi connectivity index (χ4v) is 8.34. The molecule has 0 radical (unpaired) electrons. The first kappa shape index (κ1) is 30.7. The molecule has 236 valence electrons. The van der Waals surface area contributed by atoms with Gasteiger partial charge in [-0.2, -0.15) is 5.10 Å². The van der Waals surface area contributed by atoms with Gasteiger partial charge in [0.1, 0.15) is 0 Å². The number of amides is 1. The van der Waals surface area contributed by atoms with Gasteiger partial charge in [0.15, 0.2) is 5.69 Å². The number of rotatable bonds is 10. The summed E-state index contributed by atoms with van der Waals surface area (Å²) in [6.07, 6.45) is 8.66. The number of nitrogens with zero attached hydrogens (tertiary/aromatic N) is 6.